The lowest BCUT2D eigenvalue weighted by molar-refractivity contribution is -0.139. The molecule has 2 heterocycles. The monoisotopic (exact) mass is 475 g/mol. The standard InChI is InChI=1S/C22H22ClN3O5S/c1-13-8-18(15(3)26(13)20-9-14(2)31-25-20)19(27)10-30-22(29)12-32-11-21(28)24-17-6-4-16(23)5-7-17/h4-9H,10-12H2,1-3H3,(H,24,28). The Labute approximate surface area is 194 Å². The topological polar surface area (TPSA) is 103 Å². The fourth-order valence-electron chi connectivity index (χ4n) is 3.08. The van der Waals surface area contributed by atoms with Crippen LogP contribution in [0.15, 0.2) is 40.9 Å². The van der Waals surface area contributed by atoms with Gasteiger partial charge in [-0.1, -0.05) is 16.8 Å². The predicted octanol–water partition coefficient (Wildman–Crippen LogP) is 4.14. The number of ketones is 1. The van der Waals surface area contributed by atoms with Crippen LogP contribution in [0.4, 0.5) is 5.69 Å². The van der Waals surface area contributed by atoms with Crippen LogP contribution in [0.3, 0.4) is 0 Å². The number of amides is 1. The highest BCUT2D eigenvalue weighted by molar-refractivity contribution is 8.00. The van der Waals surface area contributed by atoms with Crippen LogP contribution in [-0.4, -0.2) is 45.5 Å². The molecule has 0 aliphatic carbocycles. The molecule has 2 aromatic heterocycles. The summed E-state index contributed by atoms with van der Waals surface area (Å²) in [5, 5.41) is 7.26. The molecule has 3 aromatic rings. The van der Waals surface area contributed by atoms with Gasteiger partial charge in [-0.3, -0.25) is 19.0 Å². The minimum Gasteiger partial charge on any atom is -0.457 e. The van der Waals surface area contributed by atoms with Crippen molar-refractivity contribution in [1.29, 1.82) is 0 Å². The first-order chi connectivity index (χ1) is 15.2. The summed E-state index contributed by atoms with van der Waals surface area (Å²) < 4.78 is 12.0. The van der Waals surface area contributed by atoms with E-state index < -0.39 is 5.97 Å². The number of nitrogens with zero attached hydrogens (tertiary/aromatic N) is 2. The Hall–Kier alpha value is -3.04. The van der Waals surface area contributed by atoms with Crippen molar-refractivity contribution < 1.29 is 23.6 Å². The van der Waals surface area contributed by atoms with Crippen molar-refractivity contribution in [1.82, 2.24) is 9.72 Å². The number of rotatable bonds is 9. The second-order valence-corrected chi connectivity index (χ2v) is 8.47. The number of hydrogen-bond acceptors (Lipinski definition) is 7. The van der Waals surface area contributed by atoms with Gasteiger partial charge in [-0.2, -0.15) is 0 Å². The molecule has 3 rings (SSSR count). The smallest absolute Gasteiger partial charge is 0.316 e. The van der Waals surface area contributed by atoms with E-state index in [0.29, 0.717) is 33.5 Å². The number of halogens is 1. The maximum absolute atomic E-state index is 12.6. The number of thioether (sulfide) groups is 1. The van der Waals surface area contributed by atoms with Gasteiger partial charge in [-0.15, -0.1) is 11.8 Å². The summed E-state index contributed by atoms with van der Waals surface area (Å²) >= 11 is 6.91. The summed E-state index contributed by atoms with van der Waals surface area (Å²) in [6.45, 7) is 5.06. The predicted molar refractivity (Wildman–Crippen MR) is 123 cm³/mol. The number of nitrogens with one attached hydrogen (secondary N) is 1. The number of carbonyl (C=O) groups excluding carboxylic acids is 3. The number of Topliss-reactive ketones (excluding diaryl/α,β-unsaturated/α-hetero) is 1. The molecule has 32 heavy (non-hydrogen) atoms. The molecule has 0 aliphatic heterocycles. The number of anilines is 1. The third-order valence-corrected chi connectivity index (χ3v) is 5.68. The fourth-order valence-corrected chi connectivity index (χ4v) is 3.81. The summed E-state index contributed by atoms with van der Waals surface area (Å²) in [6, 6.07) is 10.2. The number of benzene rings is 1. The maximum atomic E-state index is 12.6. The average Bonchev–Trinajstić information content (AvgIpc) is 3.29. The van der Waals surface area contributed by atoms with E-state index in [4.69, 9.17) is 20.9 Å². The van der Waals surface area contributed by atoms with Crippen molar-refractivity contribution in [3.63, 3.8) is 0 Å². The lowest BCUT2D eigenvalue weighted by Gasteiger charge is -2.07. The molecule has 1 N–H and O–H groups in total. The van der Waals surface area contributed by atoms with Crippen LogP contribution in [0, 0.1) is 20.8 Å². The van der Waals surface area contributed by atoms with Crippen molar-refractivity contribution in [2.45, 2.75) is 20.8 Å². The van der Waals surface area contributed by atoms with Gasteiger partial charge in [-0.25, -0.2) is 0 Å². The largest absolute Gasteiger partial charge is 0.457 e. The summed E-state index contributed by atoms with van der Waals surface area (Å²) in [4.78, 5) is 36.5. The number of esters is 1. The average molecular weight is 476 g/mol. The molecule has 0 atom stereocenters. The maximum Gasteiger partial charge on any atom is 0.316 e. The van der Waals surface area contributed by atoms with Crippen molar-refractivity contribution in [3.8, 4) is 5.82 Å². The minimum absolute atomic E-state index is 0.0431. The Morgan fingerprint density at radius 2 is 1.84 bits per heavy atom. The number of aryl methyl sites for hydroxylation is 2. The van der Waals surface area contributed by atoms with Crippen LogP contribution < -0.4 is 5.32 Å². The molecule has 10 heteroatoms. The highest BCUT2D eigenvalue weighted by atomic mass is 35.5. The van der Waals surface area contributed by atoms with Crippen molar-refractivity contribution >= 4 is 46.7 Å². The Morgan fingerprint density at radius 3 is 2.50 bits per heavy atom. The van der Waals surface area contributed by atoms with Crippen LogP contribution in [0.2, 0.25) is 5.02 Å². The molecule has 0 bridgehead atoms. The second kappa shape index (κ2) is 10.5. The van der Waals surface area contributed by atoms with Gasteiger partial charge in [0, 0.05) is 33.7 Å². The molecule has 0 radical (unpaired) electrons. The third-order valence-electron chi connectivity index (χ3n) is 4.52. The highest BCUT2D eigenvalue weighted by Crippen LogP contribution is 2.21. The second-order valence-electron chi connectivity index (χ2n) is 7.05. The van der Waals surface area contributed by atoms with Gasteiger partial charge in [0.2, 0.25) is 11.7 Å². The van der Waals surface area contributed by atoms with E-state index >= 15 is 0 Å². The van der Waals surface area contributed by atoms with Gasteiger partial charge in [0.25, 0.3) is 0 Å². The number of ether oxygens (including phenoxy) is 1. The van der Waals surface area contributed by atoms with Crippen LogP contribution in [0.25, 0.3) is 5.82 Å². The van der Waals surface area contributed by atoms with Crippen LogP contribution >= 0.6 is 23.4 Å². The zero-order valence-electron chi connectivity index (χ0n) is 17.8. The molecular weight excluding hydrogens is 454 g/mol. The summed E-state index contributed by atoms with van der Waals surface area (Å²) in [7, 11) is 0. The van der Waals surface area contributed by atoms with Gasteiger partial charge >= 0.3 is 5.97 Å². The van der Waals surface area contributed by atoms with E-state index in [1.165, 1.54) is 0 Å². The van der Waals surface area contributed by atoms with E-state index in [9.17, 15) is 14.4 Å². The number of carbonyl (C=O) groups is 3. The van der Waals surface area contributed by atoms with E-state index in [1.807, 2.05) is 6.92 Å². The number of aromatic nitrogens is 2. The van der Waals surface area contributed by atoms with Crippen molar-refractivity contribution in [3.05, 3.63) is 64.1 Å². The van der Waals surface area contributed by atoms with E-state index in [-0.39, 0.29) is 29.8 Å². The molecule has 0 unspecified atom stereocenters. The zero-order chi connectivity index (χ0) is 23.3. The Kier molecular flexibility index (Phi) is 7.76. The van der Waals surface area contributed by atoms with Crippen LogP contribution in [0.5, 0.6) is 0 Å². The Balaban J connectivity index is 1.45. The lowest BCUT2D eigenvalue weighted by atomic mass is 10.1. The van der Waals surface area contributed by atoms with E-state index in [2.05, 4.69) is 10.5 Å². The van der Waals surface area contributed by atoms with Gasteiger partial charge in [0.1, 0.15) is 5.76 Å². The van der Waals surface area contributed by atoms with Crippen LogP contribution in [-0.2, 0) is 14.3 Å². The lowest BCUT2D eigenvalue weighted by Crippen LogP contribution is -2.18. The first kappa shape index (κ1) is 23.6. The molecule has 1 amide bonds. The molecule has 0 aliphatic rings. The van der Waals surface area contributed by atoms with Gasteiger partial charge in [-0.05, 0) is 51.1 Å². The van der Waals surface area contributed by atoms with Crippen molar-refractivity contribution in [2.24, 2.45) is 0 Å². The van der Waals surface area contributed by atoms with E-state index in [1.54, 1.807) is 54.8 Å². The minimum atomic E-state index is -0.566. The first-order valence-corrected chi connectivity index (χ1v) is 11.2. The van der Waals surface area contributed by atoms with Crippen molar-refractivity contribution in [2.75, 3.05) is 23.4 Å². The van der Waals surface area contributed by atoms with E-state index in [0.717, 1.165) is 17.5 Å². The quantitative estimate of drug-likeness (QED) is 0.366. The summed E-state index contributed by atoms with van der Waals surface area (Å²) in [5.74, 6) is 0.141. The first-order valence-electron chi connectivity index (χ1n) is 9.69. The normalized spacial score (nSPS) is 10.8. The van der Waals surface area contributed by atoms with Gasteiger partial charge in [0.15, 0.2) is 12.4 Å². The third kappa shape index (κ3) is 6.02. The summed E-state index contributed by atoms with van der Waals surface area (Å²) in [6.07, 6.45) is 0. The summed E-state index contributed by atoms with van der Waals surface area (Å²) in [5.41, 5.74) is 2.57. The molecular formula is C22H22ClN3O5S. The van der Waals surface area contributed by atoms with Crippen LogP contribution in [0.1, 0.15) is 27.5 Å². The molecule has 168 valence electrons. The molecule has 0 saturated heterocycles. The Bertz CT molecular complexity index is 1140. The zero-order valence-corrected chi connectivity index (χ0v) is 19.4. The molecule has 8 nitrogen and oxygen atoms in total. The SMILES string of the molecule is Cc1cc(-n2c(C)cc(C(=O)COC(=O)CSCC(=O)Nc3ccc(Cl)cc3)c2C)no1. The fraction of sp³-hybridized carbons (Fsp3) is 0.273. The van der Waals surface area contributed by atoms with Gasteiger partial charge < -0.3 is 14.6 Å². The molecule has 0 spiro atoms. The molecule has 1 aromatic carbocycles. The van der Waals surface area contributed by atoms with Gasteiger partial charge in [0.05, 0.1) is 11.5 Å². The molecule has 0 fully saturated rings. The Morgan fingerprint density at radius 1 is 1.12 bits per heavy atom. The molecule has 0 saturated carbocycles. The highest BCUT2D eigenvalue weighted by Gasteiger charge is 2.19. The number of hydrogen-bond donors (Lipinski definition) is 1.